The average Bonchev–Trinajstić information content (AvgIpc) is 2.63. The number of halogens is 3. The zero-order chi connectivity index (χ0) is 19.7. The first kappa shape index (κ1) is 22.2. The van der Waals surface area contributed by atoms with Crippen LogP contribution in [0.1, 0.15) is 45.3 Å². The van der Waals surface area contributed by atoms with Gasteiger partial charge in [0, 0.05) is 11.5 Å². The molecule has 0 radical (unpaired) electrons. The molecule has 0 amide bonds. The van der Waals surface area contributed by atoms with Crippen LogP contribution in [0.4, 0.5) is 8.78 Å². The number of aliphatic hydroxyl groups excluding tert-OH is 1. The van der Waals surface area contributed by atoms with E-state index in [0.717, 1.165) is 11.1 Å². The van der Waals surface area contributed by atoms with Gasteiger partial charge in [-0.3, -0.25) is 0 Å². The molecule has 0 saturated carbocycles. The second-order valence-corrected chi connectivity index (χ2v) is 6.06. The molecule has 3 nitrogen and oxygen atoms in total. The number of allylic oxidation sites excluding steroid dienone is 4. The molecule has 0 unspecified atom stereocenters. The van der Waals surface area contributed by atoms with Gasteiger partial charge in [0.05, 0.1) is 12.7 Å². The topological polar surface area (TPSA) is 38.7 Å². The molecule has 1 aromatic carbocycles. The normalized spacial score (nSPS) is 14.1. The average molecular weight is 387 g/mol. The van der Waals surface area contributed by atoms with Gasteiger partial charge >= 0.3 is 6.61 Å². The molecule has 0 saturated heterocycles. The number of hydrogen-bond donors (Lipinski definition) is 1. The first-order valence-electron chi connectivity index (χ1n) is 8.37. The largest absolute Gasteiger partial charge is 0.490 e. The lowest BCUT2D eigenvalue weighted by molar-refractivity contribution is -0.0515. The van der Waals surface area contributed by atoms with Crippen molar-refractivity contribution < 1.29 is 23.4 Å². The summed E-state index contributed by atoms with van der Waals surface area (Å²) in [6.07, 6.45) is 3.49. The first-order valence-corrected chi connectivity index (χ1v) is 8.75. The van der Waals surface area contributed by atoms with Crippen LogP contribution >= 0.6 is 11.6 Å². The fraction of sp³-hybridized carbons (Fsp3) is 0.400. The minimum absolute atomic E-state index is 0.0612. The van der Waals surface area contributed by atoms with Gasteiger partial charge in [0.2, 0.25) is 0 Å². The maximum absolute atomic E-state index is 12.5. The fourth-order valence-corrected chi connectivity index (χ4v) is 2.53. The highest BCUT2D eigenvalue weighted by Crippen LogP contribution is 2.35. The molecule has 0 bridgehead atoms. The van der Waals surface area contributed by atoms with E-state index in [-0.39, 0.29) is 17.9 Å². The number of alkyl halides is 2. The molecule has 1 aromatic rings. The molecule has 0 aliphatic rings. The van der Waals surface area contributed by atoms with Crippen LogP contribution in [0.5, 0.6) is 11.5 Å². The molecule has 0 fully saturated rings. The second kappa shape index (κ2) is 11.0. The number of benzene rings is 1. The van der Waals surface area contributed by atoms with Crippen LogP contribution in [-0.2, 0) is 0 Å². The molecule has 26 heavy (non-hydrogen) atoms. The summed E-state index contributed by atoms with van der Waals surface area (Å²) in [5, 5.41) is 11.1. The van der Waals surface area contributed by atoms with Crippen molar-refractivity contribution in [1.82, 2.24) is 0 Å². The van der Waals surface area contributed by atoms with Gasteiger partial charge < -0.3 is 14.6 Å². The van der Waals surface area contributed by atoms with Gasteiger partial charge in [0.15, 0.2) is 11.5 Å². The van der Waals surface area contributed by atoms with E-state index in [1.165, 1.54) is 24.3 Å². The number of hydrogen-bond acceptors (Lipinski definition) is 3. The summed E-state index contributed by atoms with van der Waals surface area (Å²) in [6.45, 7) is 6.73. The minimum Gasteiger partial charge on any atom is -0.490 e. The van der Waals surface area contributed by atoms with E-state index in [0.29, 0.717) is 23.6 Å². The van der Waals surface area contributed by atoms with E-state index in [1.54, 1.807) is 0 Å². The van der Waals surface area contributed by atoms with Crippen LogP contribution in [0.15, 0.2) is 53.1 Å². The van der Waals surface area contributed by atoms with E-state index in [9.17, 15) is 13.9 Å². The molecule has 1 rings (SSSR count). The third-order valence-corrected chi connectivity index (χ3v) is 4.19. The lowest BCUT2D eigenvalue weighted by Crippen LogP contribution is -2.07. The Labute approximate surface area is 158 Å². The Balaban J connectivity index is 3.14. The highest BCUT2D eigenvalue weighted by molar-refractivity contribution is 6.31. The number of ether oxygens (including phenoxy) is 2. The summed E-state index contributed by atoms with van der Waals surface area (Å²) in [5.41, 5.74) is 2.21. The van der Waals surface area contributed by atoms with Gasteiger partial charge in [-0.15, -0.1) is 0 Å². The van der Waals surface area contributed by atoms with E-state index < -0.39 is 12.7 Å². The standard InChI is InChI=1S/C20H25ClF2O3/c1-5-10-25-19-11-14(8-9-18(19)26-20(22)23)17(24)12-15(13(4)6-2)16(21)7-3/h6-9,11,17,20,24H,3,5,10,12H2,1-2,4H3/b13-6-,16-15+/t17-/m0/s1. The monoisotopic (exact) mass is 386 g/mol. The third kappa shape index (κ3) is 6.46. The molecule has 144 valence electrons. The van der Waals surface area contributed by atoms with Crippen LogP contribution in [0, 0.1) is 0 Å². The van der Waals surface area contributed by atoms with E-state index >= 15 is 0 Å². The summed E-state index contributed by atoms with van der Waals surface area (Å²) in [6, 6.07) is 4.42. The van der Waals surface area contributed by atoms with Crippen molar-refractivity contribution in [3.63, 3.8) is 0 Å². The van der Waals surface area contributed by atoms with Crippen molar-refractivity contribution in [2.75, 3.05) is 6.61 Å². The number of rotatable bonds is 10. The fourth-order valence-electron chi connectivity index (χ4n) is 2.31. The Kier molecular flexibility index (Phi) is 9.38. The molecular weight excluding hydrogens is 362 g/mol. The van der Waals surface area contributed by atoms with E-state index in [1.807, 2.05) is 26.8 Å². The van der Waals surface area contributed by atoms with Crippen LogP contribution in [0.2, 0.25) is 0 Å². The van der Waals surface area contributed by atoms with Crippen LogP contribution in [0.25, 0.3) is 0 Å². The Morgan fingerprint density at radius 1 is 1.35 bits per heavy atom. The van der Waals surface area contributed by atoms with Gasteiger partial charge in [0.1, 0.15) is 0 Å². The van der Waals surface area contributed by atoms with E-state index in [4.69, 9.17) is 16.3 Å². The van der Waals surface area contributed by atoms with Gasteiger partial charge in [-0.2, -0.15) is 8.78 Å². The Bertz CT molecular complexity index is 669. The Hall–Kier alpha value is -1.85. The van der Waals surface area contributed by atoms with Gasteiger partial charge in [-0.25, -0.2) is 0 Å². The SMILES string of the molecule is C=C/C(Cl)=C(C[C@H](O)c1ccc(OC(F)F)c(OCCC)c1)\C(C)=C/C. The highest BCUT2D eigenvalue weighted by Gasteiger charge is 2.18. The Morgan fingerprint density at radius 3 is 2.58 bits per heavy atom. The van der Waals surface area contributed by atoms with Crippen LogP contribution < -0.4 is 9.47 Å². The third-order valence-electron chi connectivity index (χ3n) is 3.80. The lowest BCUT2D eigenvalue weighted by atomic mass is 9.96. The van der Waals surface area contributed by atoms with Crippen LogP contribution in [0.3, 0.4) is 0 Å². The quantitative estimate of drug-likeness (QED) is 0.490. The molecule has 0 aromatic heterocycles. The van der Waals surface area contributed by atoms with Gasteiger partial charge in [-0.05, 0) is 43.5 Å². The molecule has 1 N–H and O–H groups in total. The van der Waals surface area contributed by atoms with Crippen molar-refractivity contribution in [1.29, 1.82) is 0 Å². The summed E-state index contributed by atoms with van der Waals surface area (Å²) < 4.78 is 35.1. The molecule has 6 heteroatoms. The van der Waals surface area contributed by atoms with Gasteiger partial charge in [0.25, 0.3) is 0 Å². The lowest BCUT2D eigenvalue weighted by Gasteiger charge is -2.18. The second-order valence-electron chi connectivity index (χ2n) is 5.66. The zero-order valence-electron chi connectivity index (χ0n) is 15.3. The highest BCUT2D eigenvalue weighted by atomic mass is 35.5. The predicted molar refractivity (Wildman–Crippen MR) is 101 cm³/mol. The maximum atomic E-state index is 12.5. The smallest absolute Gasteiger partial charge is 0.387 e. The number of aliphatic hydroxyl groups is 1. The van der Waals surface area contributed by atoms with E-state index in [2.05, 4.69) is 11.3 Å². The molecule has 0 heterocycles. The van der Waals surface area contributed by atoms with Crippen molar-refractivity contribution in [2.45, 2.75) is 46.3 Å². The minimum atomic E-state index is -2.95. The molecule has 0 aliphatic carbocycles. The Morgan fingerprint density at radius 2 is 2.04 bits per heavy atom. The first-order chi connectivity index (χ1) is 12.3. The predicted octanol–water partition coefficient (Wildman–Crippen LogP) is 6.15. The van der Waals surface area contributed by atoms with Crippen molar-refractivity contribution in [3.05, 3.63) is 58.7 Å². The molecular formula is C20H25ClF2O3. The van der Waals surface area contributed by atoms with Crippen molar-refractivity contribution >= 4 is 11.6 Å². The van der Waals surface area contributed by atoms with Crippen molar-refractivity contribution in [2.24, 2.45) is 0 Å². The van der Waals surface area contributed by atoms with Gasteiger partial charge in [-0.1, -0.05) is 48.9 Å². The molecule has 0 aliphatic heterocycles. The van der Waals surface area contributed by atoms with Crippen molar-refractivity contribution in [3.8, 4) is 11.5 Å². The summed E-state index contributed by atoms with van der Waals surface area (Å²) in [7, 11) is 0. The summed E-state index contributed by atoms with van der Waals surface area (Å²) in [4.78, 5) is 0. The summed E-state index contributed by atoms with van der Waals surface area (Å²) in [5.74, 6) is 0.112. The zero-order valence-corrected chi connectivity index (χ0v) is 16.0. The summed E-state index contributed by atoms with van der Waals surface area (Å²) >= 11 is 6.20. The van der Waals surface area contributed by atoms with Crippen LogP contribution in [-0.4, -0.2) is 18.3 Å². The molecule has 1 atom stereocenters. The maximum Gasteiger partial charge on any atom is 0.387 e. The molecule has 0 spiro atoms.